The number of rotatable bonds is 1. The zero-order valence-corrected chi connectivity index (χ0v) is 9.87. The van der Waals surface area contributed by atoms with E-state index in [0.29, 0.717) is 5.41 Å². The van der Waals surface area contributed by atoms with Gasteiger partial charge in [0, 0.05) is 13.1 Å². The van der Waals surface area contributed by atoms with E-state index in [9.17, 15) is 0 Å². The maximum Gasteiger partial charge on any atom is 0.0931 e. The van der Waals surface area contributed by atoms with Crippen molar-refractivity contribution in [1.29, 1.82) is 0 Å². The van der Waals surface area contributed by atoms with Crippen LogP contribution in [0.3, 0.4) is 0 Å². The van der Waals surface area contributed by atoms with Gasteiger partial charge in [0.2, 0.25) is 0 Å². The first kappa shape index (κ1) is 9.66. The molecule has 0 radical (unpaired) electrons. The van der Waals surface area contributed by atoms with Gasteiger partial charge in [-0.1, -0.05) is 6.07 Å². The molecule has 4 rings (SSSR count). The molecule has 1 aromatic heterocycles. The molecule has 1 unspecified atom stereocenters. The molecule has 1 atom stereocenters. The SMILES string of the molecule is c1nc2ccc(C3CCC4(CNC4)C3)cc2[nH]1. The molecule has 1 aromatic carbocycles. The standard InChI is InChI=1S/C14H17N3/c1-2-12-13(17-9-16-12)5-10(1)11-3-4-14(6-11)7-15-8-14/h1-2,5,9,11,15H,3-4,6-8H2,(H,16,17). The average Bonchev–Trinajstić information content (AvgIpc) is 2.94. The highest BCUT2D eigenvalue weighted by atomic mass is 15.0. The average molecular weight is 227 g/mol. The molecule has 1 aliphatic heterocycles. The lowest BCUT2D eigenvalue weighted by atomic mass is 9.79. The maximum atomic E-state index is 4.28. The quantitative estimate of drug-likeness (QED) is 0.785. The van der Waals surface area contributed by atoms with E-state index >= 15 is 0 Å². The number of hydrogen-bond acceptors (Lipinski definition) is 2. The molecule has 2 fully saturated rings. The molecule has 17 heavy (non-hydrogen) atoms. The summed E-state index contributed by atoms with van der Waals surface area (Å²) in [5.74, 6) is 0.754. The van der Waals surface area contributed by atoms with Crippen LogP contribution in [0.2, 0.25) is 0 Å². The predicted molar refractivity (Wildman–Crippen MR) is 68.0 cm³/mol. The summed E-state index contributed by atoms with van der Waals surface area (Å²) in [4.78, 5) is 7.49. The first-order valence-corrected chi connectivity index (χ1v) is 6.49. The number of H-pyrrole nitrogens is 1. The van der Waals surface area contributed by atoms with Gasteiger partial charge in [-0.3, -0.25) is 0 Å². The molecule has 1 saturated heterocycles. The summed E-state index contributed by atoms with van der Waals surface area (Å²) < 4.78 is 0. The van der Waals surface area contributed by atoms with Gasteiger partial charge in [-0.15, -0.1) is 0 Å². The van der Waals surface area contributed by atoms with E-state index in [2.05, 4.69) is 33.5 Å². The lowest BCUT2D eigenvalue weighted by Crippen LogP contribution is -2.51. The summed E-state index contributed by atoms with van der Waals surface area (Å²) in [6, 6.07) is 6.70. The number of nitrogens with zero attached hydrogens (tertiary/aromatic N) is 1. The van der Waals surface area contributed by atoms with E-state index in [-0.39, 0.29) is 0 Å². The molecule has 2 heterocycles. The van der Waals surface area contributed by atoms with Crippen molar-refractivity contribution in [2.45, 2.75) is 25.2 Å². The molecular weight excluding hydrogens is 210 g/mol. The Morgan fingerprint density at radius 2 is 2.24 bits per heavy atom. The number of aromatic nitrogens is 2. The van der Waals surface area contributed by atoms with Crippen LogP contribution in [0.25, 0.3) is 11.0 Å². The molecule has 88 valence electrons. The Balaban J connectivity index is 1.65. The molecule has 1 saturated carbocycles. The highest BCUT2D eigenvalue weighted by molar-refractivity contribution is 5.75. The molecule has 0 bridgehead atoms. The largest absolute Gasteiger partial charge is 0.345 e. The Morgan fingerprint density at radius 1 is 1.29 bits per heavy atom. The van der Waals surface area contributed by atoms with Crippen LogP contribution in [0.1, 0.15) is 30.7 Å². The second-order valence-electron chi connectivity index (χ2n) is 5.72. The van der Waals surface area contributed by atoms with Crippen molar-refractivity contribution in [1.82, 2.24) is 15.3 Å². The Labute approximate surface area is 101 Å². The molecule has 2 aliphatic rings. The van der Waals surface area contributed by atoms with E-state index in [1.807, 2.05) is 0 Å². The fraction of sp³-hybridized carbons (Fsp3) is 0.500. The second kappa shape index (κ2) is 3.33. The van der Waals surface area contributed by atoms with Gasteiger partial charge in [0.25, 0.3) is 0 Å². The Hall–Kier alpha value is -1.35. The van der Waals surface area contributed by atoms with Crippen LogP contribution in [0.5, 0.6) is 0 Å². The molecule has 1 spiro atoms. The Kier molecular flexibility index (Phi) is 1.89. The molecule has 2 aromatic rings. The van der Waals surface area contributed by atoms with Crippen LogP contribution in [0, 0.1) is 5.41 Å². The third kappa shape index (κ3) is 1.42. The van der Waals surface area contributed by atoms with Crippen LogP contribution in [-0.2, 0) is 0 Å². The minimum atomic E-state index is 0.633. The van der Waals surface area contributed by atoms with Crippen LogP contribution in [0.15, 0.2) is 24.5 Å². The van der Waals surface area contributed by atoms with Crippen molar-refractivity contribution in [3.05, 3.63) is 30.1 Å². The van der Waals surface area contributed by atoms with Crippen molar-refractivity contribution in [3.63, 3.8) is 0 Å². The van der Waals surface area contributed by atoms with Gasteiger partial charge in [0.15, 0.2) is 0 Å². The van der Waals surface area contributed by atoms with Crippen LogP contribution >= 0.6 is 0 Å². The first-order chi connectivity index (χ1) is 8.35. The number of nitrogens with one attached hydrogen (secondary N) is 2. The highest BCUT2D eigenvalue weighted by Gasteiger charge is 2.43. The van der Waals surface area contributed by atoms with Crippen molar-refractivity contribution in [2.24, 2.45) is 5.41 Å². The number of aromatic amines is 1. The monoisotopic (exact) mass is 227 g/mol. The summed E-state index contributed by atoms with van der Waals surface area (Å²) in [7, 11) is 0. The normalized spacial score (nSPS) is 26.5. The second-order valence-corrected chi connectivity index (χ2v) is 5.72. The fourth-order valence-electron chi connectivity index (χ4n) is 3.50. The third-order valence-corrected chi connectivity index (χ3v) is 4.62. The number of fused-ring (bicyclic) bond motifs is 1. The smallest absolute Gasteiger partial charge is 0.0931 e. The first-order valence-electron chi connectivity index (χ1n) is 6.49. The molecule has 3 nitrogen and oxygen atoms in total. The van der Waals surface area contributed by atoms with E-state index in [0.717, 1.165) is 11.4 Å². The molecule has 3 heteroatoms. The van der Waals surface area contributed by atoms with Gasteiger partial charge in [-0.2, -0.15) is 0 Å². The number of benzene rings is 1. The van der Waals surface area contributed by atoms with Crippen LogP contribution in [-0.4, -0.2) is 23.1 Å². The third-order valence-electron chi connectivity index (χ3n) is 4.62. The predicted octanol–water partition coefficient (Wildman–Crippen LogP) is 2.42. The zero-order valence-electron chi connectivity index (χ0n) is 9.87. The summed E-state index contributed by atoms with van der Waals surface area (Å²) in [5.41, 5.74) is 4.38. The lowest BCUT2D eigenvalue weighted by molar-refractivity contribution is 0.175. The maximum absolute atomic E-state index is 4.28. The topological polar surface area (TPSA) is 40.7 Å². The molecular formula is C14H17N3. The Morgan fingerprint density at radius 3 is 3.00 bits per heavy atom. The van der Waals surface area contributed by atoms with E-state index < -0.39 is 0 Å². The summed E-state index contributed by atoms with van der Waals surface area (Å²) in [6.45, 7) is 2.46. The van der Waals surface area contributed by atoms with Crippen molar-refractivity contribution >= 4 is 11.0 Å². The van der Waals surface area contributed by atoms with Gasteiger partial charge < -0.3 is 10.3 Å². The van der Waals surface area contributed by atoms with Crippen molar-refractivity contribution in [2.75, 3.05) is 13.1 Å². The van der Waals surface area contributed by atoms with Gasteiger partial charge in [-0.05, 0) is 48.3 Å². The molecule has 2 N–H and O–H groups in total. The summed E-state index contributed by atoms with van der Waals surface area (Å²) in [5, 5.41) is 3.43. The molecule has 1 aliphatic carbocycles. The highest BCUT2D eigenvalue weighted by Crippen LogP contribution is 2.48. The summed E-state index contributed by atoms with van der Waals surface area (Å²) in [6.07, 6.45) is 5.88. The Bertz CT molecular complexity index is 553. The van der Waals surface area contributed by atoms with Gasteiger partial charge in [0.05, 0.1) is 17.4 Å². The van der Waals surface area contributed by atoms with Gasteiger partial charge in [-0.25, -0.2) is 4.98 Å². The van der Waals surface area contributed by atoms with Gasteiger partial charge >= 0.3 is 0 Å². The van der Waals surface area contributed by atoms with Crippen molar-refractivity contribution < 1.29 is 0 Å². The van der Waals surface area contributed by atoms with E-state index in [4.69, 9.17) is 0 Å². The summed E-state index contributed by atoms with van der Waals surface area (Å²) >= 11 is 0. The van der Waals surface area contributed by atoms with E-state index in [1.54, 1.807) is 6.33 Å². The lowest BCUT2D eigenvalue weighted by Gasteiger charge is -2.39. The fourth-order valence-corrected chi connectivity index (χ4v) is 3.50. The van der Waals surface area contributed by atoms with Crippen molar-refractivity contribution in [3.8, 4) is 0 Å². The van der Waals surface area contributed by atoms with Gasteiger partial charge in [0.1, 0.15) is 0 Å². The van der Waals surface area contributed by atoms with Crippen LogP contribution in [0.4, 0.5) is 0 Å². The zero-order chi connectivity index (χ0) is 11.3. The minimum absolute atomic E-state index is 0.633. The van der Waals surface area contributed by atoms with E-state index in [1.165, 1.54) is 43.4 Å². The number of hydrogen-bond donors (Lipinski definition) is 2. The number of imidazole rings is 1. The molecule has 0 amide bonds. The van der Waals surface area contributed by atoms with Crippen LogP contribution < -0.4 is 5.32 Å². The minimum Gasteiger partial charge on any atom is -0.345 e.